The molecule has 6 heteroatoms. The highest BCUT2D eigenvalue weighted by molar-refractivity contribution is 5.47. The van der Waals surface area contributed by atoms with Crippen LogP contribution in [0.25, 0.3) is 0 Å². The first-order valence-electron chi connectivity index (χ1n) is 4.68. The van der Waals surface area contributed by atoms with Crippen molar-refractivity contribution in [2.24, 2.45) is 5.73 Å². The maximum atomic E-state index is 13.3. The number of anilines is 1. The average Bonchev–Trinajstić information content (AvgIpc) is 2.19. The average molecular weight is 236 g/mol. The highest BCUT2D eigenvalue weighted by Gasteiger charge is 2.31. The van der Waals surface area contributed by atoms with Crippen LogP contribution in [0.5, 0.6) is 0 Å². The summed E-state index contributed by atoms with van der Waals surface area (Å²) in [7, 11) is 0. The van der Waals surface area contributed by atoms with Crippen molar-refractivity contribution in [3.05, 3.63) is 29.6 Å². The molecule has 0 spiro atoms. The molecule has 1 aromatic rings. The number of alkyl halides is 3. The minimum Gasteiger partial charge on any atom is -0.379 e. The molecule has 1 atom stereocenters. The van der Waals surface area contributed by atoms with Crippen LogP contribution in [0.4, 0.5) is 23.2 Å². The van der Waals surface area contributed by atoms with Gasteiger partial charge in [-0.05, 0) is 25.1 Å². The maximum absolute atomic E-state index is 13.3. The van der Waals surface area contributed by atoms with Crippen LogP contribution in [-0.2, 0) is 6.18 Å². The molecule has 0 saturated heterocycles. The normalized spacial score (nSPS) is 13.6. The molecule has 0 aliphatic carbocycles. The van der Waals surface area contributed by atoms with Crippen LogP contribution in [-0.4, -0.2) is 12.6 Å². The van der Waals surface area contributed by atoms with Gasteiger partial charge in [-0.25, -0.2) is 4.39 Å². The SMILES string of the molecule is CC(CN)Nc1ccc(C(F)(F)F)cc1F. The van der Waals surface area contributed by atoms with Gasteiger partial charge in [-0.15, -0.1) is 0 Å². The molecule has 2 nitrogen and oxygen atoms in total. The smallest absolute Gasteiger partial charge is 0.379 e. The molecule has 1 unspecified atom stereocenters. The van der Waals surface area contributed by atoms with Gasteiger partial charge in [0.25, 0.3) is 0 Å². The van der Waals surface area contributed by atoms with Crippen molar-refractivity contribution in [3.63, 3.8) is 0 Å². The molecule has 0 aromatic heterocycles. The first-order valence-corrected chi connectivity index (χ1v) is 4.68. The van der Waals surface area contributed by atoms with E-state index in [1.54, 1.807) is 6.92 Å². The van der Waals surface area contributed by atoms with Crippen LogP contribution >= 0.6 is 0 Å². The van der Waals surface area contributed by atoms with Gasteiger partial charge in [-0.3, -0.25) is 0 Å². The molecule has 0 saturated carbocycles. The second-order valence-corrected chi connectivity index (χ2v) is 3.47. The summed E-state index contributed by atoms with van der Waals surface area (Å²) >= 11 is 0. The number of hydrogen-bond acceptors (Lipinski definition) is 2. The minimum atomic E-state index is -4.53. The van der Waals surface area contributed by atoms with E-state index >= 15 is 0 Å². The van der Waals surface area contributed by atoms with Gasteiger partial charge in [0.2, 0.25) is 0 Å². The van der Waals surface area contributed by atoms with E-state index in [4.69, 9.17) is 5.73 Å². The van der Waals surface area contributed by atoms with Crippen LogP contribution in [0.3, 0.4) is 0 Å². The third-order valence-corrected chi connectivity index (χ3v) is 2.05. The molecule has 1 aromatic carbocycles. The molecule has 0 aliphatic heterocycles. The third-order valence-electron chi connectivity index (χ3n) is 2.05. The van der Waals surface area contributed by atoms with Crippen LogP contribution in [0.2, 0.25) is 0 Å². The van der Waals surface area contributed by atoms with Crippen molar-refractivity contribution in [2.45, 2.75) is 19.1 Å². The van der Waals surface area contributed by atoms with Crippen molar-refractivity contribution >= 4 is 5.69 Å². The highest BCUT2D eigenvalue weighted by atomic mass is 19.4. The number of halogens is 4. The van der Waals surface area contributed by atoms with Gasteiger partial charge in [0, 0.05) is 12.6 Å². The number of nitrogens with two attached hydrogens (primary N) is 1. The number of rotatable bonds is 3. The van der Waals surface area contributed by atoms with E-state index in [0.717, 1.165) is 12.1 Å². The third kappa shape index (κ3) is 3.10. The molecule has 0 aliphatic rings. The quantitative estimate of drug-likeness (QED) is 0.791. The lowest BCUT2D eigenvalue weighted by molar-refractivity contribution is -0.137. The molecule has 1 rings (SSSR count). The summed E-state index contributed by atoms with van der Waals surface area (Å²) in [4.78, 5) is 0. The molecular formula is C10H12F4N2. The Kier molecular flexibility index (Phi) is 3.74. The van der Waals surface area contributed by atoms with E-state index < -0.39 is 17.6 Å². The molecule has 90 valence electrons. The van der Waals surface area contributed by atoms with Gasteiger partial charge >= 0.3 is 6.18 Å². The van der Waals surface area contributed by atoms with Crippen molar-refractivity contribution in [1.29, 1.82) is 0 Å². The first-order chi connectivity index (χ1) is 7.34. The number of benzene rings is 1. The van der Waals surface area contributed by atoms with Crippen LogP contribution in [0.15, 0.2) is 18.2 Å². The van der Waals surface area contributed by atoms with Crippen molar-refractivity contribution in [1.82, 2.24) is 0 Å². The lowest BCUT2D eigenvalue weighted by Crippen LogP contribution is -2.25. The minimum absolute atomic E-state index is 0.0194. The van der Waals surface area contributed by atoms with Gasteiger partial charge < -0.3 is 11.1 Å². The summed E-state index contributed by atoms with van der Waals surface area (Å²) in [5.74, 6) is -0.935. The van der Waals surface area contributed by atoms with Crippen molar-refractivity contribution in [2.75, 3.05) is 11.9 Å². The zero-order chi connectivity index (χ0) is 12.3. The van der Waals surface area contributed by atoms with Crippen LogP contribution < -0.4 is 11.1 Å². The highest BCUT2D eigenvalue weighted by Crippen LogP contribution is 2.31. The fourth-order valence-electron chi connectivity index (χ4n) is 1.13. The van der Waals surface area contributed by atoms with E-state index in [-0.39, 0.29) is 18.3 Å². The standard InChI is InChI=1S/C10H12F4N2/c1-6(5-15)16-9-3-2-7(4-8(9)11)10(12,13)14/h2-4,6,16H,5,15H2,1H3. The Morgan fingerprint density at radius 2 is 2.00 bits per heavy atom. The van der Waals surface area contributed by atoms with E-state index in [9.17, 15) is 17.6 Å². The van der Waals surface area contributed by atoms with Crippen LogP contribution in [0, 0.1) is 5.82 Å². The molecular weight excluding hydrogens is 224 g/mol. The Hall–Kier alpha value is -1.30. The molecule has 0 bridgehead atoms. The second-order valence-electron chi connectivity index (χ2n) is 3.47. The predicted molar refractivity (Wildman–Crippen MR) is 53.5 cm³/mol. The molecule has 0 fully saturated rings. The number of hydrogen-bond donors (Lipinski definition) is 2. The van der Waals surface area contributed by atoms with Crippen LogP contribution in [0.1, 0.15) is 12.5 Å². The van der Waals surface area contributed by atoms with Gasteiger partial charge in [-0.2, -0.15) is 13.2 Å². The topological polar surface area (TPSA) is 38.0 Å². The Balaban J connectivity index is 2.92. The van der Waals surface area contributed by atoms with E-state index in [1.165, 1.54) is 0 Å². The van der Waals surface area contributed by atoms with E-state index in [1.807, 2.05) is 0 Å². The lowest BCUT2D eigenvalue weighted by Gasteiger charge is -2.14. The predicted octanol–water partition coefficient (Wildman–Crippen LogP) is 2.60. The first kappa shape index (κ1) is 12.8. The zero-order valence-electron chi connectivity index (χ0n) is 8.61. The summed E-state index contributed by atoms with van der Waals surface area (Å²) in [6, 6.07) is 2.15. The van der Waals surface area contributed by atoms with Gasteiger partial charge in [0.15, 0.2) is 0 Å². The lowest BCUT2D eigenvalue weighted by atomic mass is 10.2. The molecule has 0 heterocycles. The van der Waals surface area contributed by atoms with E-state index in [0.29, 0.717) is 6.07 Å². The van der Waals surface area contributed by atoms with Gasteiger partial charge in [0.05, 0.1) is 11.3 Å². The zero-order valence-corrected chi connectivity index (χ0v) is 8.61. The Bertz CT molecular complexity index is 362. The molecule has 0 amide bonds. The Morgan fingerprint density at radius 1 is 1.38 bits per heavy atom. The number of nitrogens with one attached hydrogen (secondary N) is 1. The summed E-state index contributed by atoms with van der Waals surface area (Å²) < 4.78 is 49.9. The summed E-state index contributed by atoms with van der Waals surface area (Å²) in [6.45, 7) is 1.97. The largest absolute Gasteiger partial charge is 0.416 e. The second kappa shape index (κ2) is 4.69. The Morgan fingerprint density at radius 3 is 2.44 bits per heavy atom. The van der Waals surface area contributed by atoms with E-state index in [2.05, 4.69) is 5.32 Å². The fourth-order valence-corrected chi connectivity index (χ4v) is 1.13. The summed E-state index contributed by atoms with van der Waals surface area (Å²) in [5, 5.41) is 2.67. The van der Waals surface area contributed by atoms with Crippen molar-refractivity contribution in [3.8, 4) is 0 Å². The molecule has 16 heavy (non-hydrogen) atoms. The van der Waals surface area contributed by atoms with Gasteiger partial charge in [-0.1, -0.05) is 0 Å². The monoisotopic (exact) mass is 236 g/mol. The molecule has 0 radical (unpaired) electrons. The van der Waals surface area contributed by atoms with Gasteiger partial charge in [0.1, 0.15) is 5.82 Å². The van der Waals surface area contributed by atoms with Crippen molar-refractivity contribution < 1.29 is 17.6 Å². The Labute approximate surface area is 90.4 Å². The maximum Gasteiger partial charge on any atom is 0.416 e. The fraction of sp³-hybridized carbons (Fsp3) is 0.400. The summed E-state index contributed by atoms with van der Waals surface area (Å²) in [6.07, 6.45) is -4.53. The molecule has 3 N–H and O–H groups in total. The summed E-state index contributed by atoms with van der Waals surface area (Å²) in [5.41, 5.74) is 4.32.